The highest BCUT2D eigenvalue weighted by Crippen LogP contribution is 2.27. The van der Waals surface area contributed by atoms with Crippen LogP contribution in [-0.2, 0) is 12.8 Å². The van der Waals surface area contributed by atoms with Gasteiger partial charge in [-0.1, -0.05) is 27.7 Å². The van der Waals surface area contributed by atoms with Crippen molar-refractivity contribution in [3.05, 3.63) is 29.3 Å². The average Bonchev–Trinajstić information content (AvgIpc) is 2.89. The van der Waals surface area contributed by atoms with Crippen molar-refractivity contribution in [2.75, 3.05) is 5.43 Å². The molecule has 6 nitrogen and oxygen atoms in total. The Morgan fingerprint density at radius 3 is 2.55 bits per heavy atom. The highest BCUT2D eigenvalue weighted by Gasteiger charge is 2.18. The quantitative estimate of drug-likeness (QED) is 0.645. The third-order valence-electron chi connectivity index (χ3n) is 3.34. The van der Waals surface area contributed by atoms with Crippen LogP contribution in [0, 0.1) is 0 Å². The monoisotopic (exact) mass is 274 g/mol. The standard InChI is InChI=1S/C14H22N6/c1-5-10-7-11(6-2)20(19-10)14-12(9(3)4)13(18-15)16-8-17-14/h7-9H,5-6,15H2,1-4H3,(H,16,17,18). The van der Waals surface area contributed by atoms with Gasteiger partial charge in [0.15, 0.2) is 5.82 Å². The van der Waals surface area contributed by atoms with Crippen molar-refractivity contribution >= 4 is 5.82 Å². The molecule has 108 valence electrons. The number of nitrogens with two attached hydrogens (primary N) is 1. The van der Waals surface area contributed by atoms with E-state index in [2.05, 4.69) is 54.3 Å². The van der Waals surface area contributed by atoms with Gasteiger partial charge in [0, 0.05) is 11.3 Å². The minimum absolute atomic E-state index is 0.247. The summed E-state index contributed by atoms with van der Waals surface area (Å²) in [6, 6.07) is 2.13. The van der Waals surface area contributed by atoms with Gasteiger partial charge in [0.05, 0.1) is 5.69 Å². The summed E-state index contributed by atoms with van der Waals surface area (Å²) >= 11 is 0. The zero-order valence-electron chi connectivity index (χ0n) is 12.5. The first-order valence-corrected chi connectivity index (χ1v) is 7.02. The van der Waals surface area contributed by atoms with Gasteiger partial charge in [-0.15, -0.1) is 0 Å². The molecule has 6 heteroatoms. The normalized spacial score (nSPS) is 11.1. The molecule has 0 aliphatic carbocycles. The van der Waals surface area contributed by atoms with Crippen LogP contribution in [0.1, 0.15) is 50.6 Å². The summed E-state index contributed by atoms with van der Waals surface area (Å²) in [6.07, 6.45) is 3.33. The molecule has 0 amide bonds. The predicted molar refractivity (Wildman–Crippen MR) is 79.8 cm³/mol. The molecule has 20 heavy (non-hydrogen) atoms. The van der Waals surface area contributed by atoms with Gasteiger partial charge in [-0.2, -0.15) is 5.10 Å². The minimum Gasteiger partial charge on any atom is -0.308 e. The molecule has 0 unspecified atom stereocenters. The molecule has 2 heterocycles. The Hall–Kier alpha value is -1.95. The van der Waals surface area contributed by atoms with Crippen LogP contribution in [0.15, 0.2) is 12.4 Å². The Morgan fingerprint density at radius 2 is 2.00 bits per heavy atom. The maximum atomic E-state index is 5.57. The molecular weight excluding hydrogens is 252 g/mol. The van der Waals surface area contributed by atoms with E-state index in [0.717, 1.165) is 35.6 Å². The van der Waals surface area contributed by atoms with E-state index in [-0.39, 0.29) is 5.92 Å². The van der Waals surface area contributed by atoms with E-state index in [1.807, 2.05) is 4.68 Å². The SMILES string of the molecule is CCc1cc(CC)n(-c2ncnc(NN)c2C(C)C)n1. The fourth-order valence-electron chi connectivity index (χ4n) is 2.28. The second-order valence-electron chi connectivity index (χ2n) is 5.00. The van der Waals surface area contributed by atoms with E-state index in [1.54, 1.807) is 0 Å². The third-order valence-corrected chi connectivity index (χ3v) is 3.34. The van der Waals surface area contributed by atoms with Gasteiger partial charge >= 0.3 is 0 Å². The third kappa shape index (κ3) is 2.51. The smallest absolute Gasteiger partial charge is 0.162 e. The second-order valence-corrected chi connectivity index (χ2v) is 5.00. The lowest BCUT2D eigenvalue weighted by Gasteiger charge is -2.16. The molecule has 2 aromatic rings. The molecule has 0 saturated carbocycles. The first-order chi connectivity index (χ1) is 9.62. The fourth-order valence-corrected chi connectivity index (χ4v) is 2.28. The van der Waals surface area contributed by atoms with Crippen molar-refractivity contribution in [3.8, 4) is 5.82 Å². The lowest BCUT2D eigenvalue weighted by atomic mass is 10.0. The fraction of sp³-hybridized carbons (Fsp3) is 0.500. The number of nitrogens with zero attached hydrogens (tertiary/aromatic N) is 4. The number of hydrazine groups is 1. The summed E-state index contributed by atoms with van der Waals surface area (Å²) in [5, 5.41) is 4.65. The van der Waals surface area contributed by atoms with E-state index in [9.17, 15) is 0 Å². The Labute approximate surface area is 119 Å². The molecule has 2 aromatic heterocycles. The number of nitrogens with one attached hydrogen (secondary N) is 1. The first-order valence-electron chi connectivity index (χ1n) is 7.02. The Kier molecular flexibility index (Phi) is 4.34. The number of rotatable bonds is 5. The summed E-state index contributed by atoms with van der Waals surface area (Å²) < 4.78 is 1.91. The topological polar surface area (TPSA) is 81.7 Å². The molecule has 0 bridgehead atoms. The van der Waals surface area contributed by atoms with Gasteiger partial charge in [-0.3, -0.25) is 0 Å². The Balaban J connectivity index is 2.65. The molecule has 0 fully saturated rings. The highest BCUT2D eigenvalue weighted by molar-refractivity contribution is 5.53. The van der Waals surface area contributed by atoms with E-state index >= 15 is 0 Å². The van der Waals surface area contributed by atoms with E-state index < -0.39 is 0 Å². The van der Waals surface area contributed by atoms with Crippen LogP contribution in [0.25, 0.3) is 5.82 Å². The summed E-state index contributed by atoms with van der Waals surface area (Å²) in [5.41, 5.74) is 5.85. The van der Waals surface area contributed by atoms with Crippen LogP contribution < -0.4 is 11.3 Å². The number of aryl methyl sites for hydroxylation is 2. The van der Waals surface area contributed by atoms with Crippen LogP contribution >= 0.6 is 0 Å². The molecule has 0 aliphatic rings. The zero-order valence-corrected chi connectivity index (χ0v) is 12.5. The first kappa shape index (κ1) is 14.5. The summed E-state index contributed by atoms with van der Waals surface area (Å²) in [7, 11) is 0. The van der Waals surface area contributed by atoms with Crippen molar-refractivity contribution < 1.29 is 0 Å². The predicted octanol–water partition coefficient (Wildman–Crippen LogP) is 2.20. The van der Waals surface area contributed by atoms with Crippen LogP contribution in [0.2, 0.25) is 0 Å². The Bertz CT molecular complexity index is 587. The van der Waals surface area contributed by atoms with E-state index in [4.69, 9.17) is 5.84 Å². The maximum Gasteiger partial charge on any atom is 0.162 e. The summed E-state index contributed by atoms with van der Waals surface area (Å²) in [6.45, 7) is 8.41. The van der Waals surface area contributed by atoms with Crippen LogP contribution in [0.5, 0.6) is 0 Å². The van der Waals surface area contributed by atoms with Crippen LogP contribution in [-0.4, -0.2) is 19.7 Å². The second kappa shape index (κ2) is 6.00. The largest absolute Gasteiger partial charge is 0.308 e. The highest BCUT2D eigenvalue weighted by atomic mass is 15.3. The molecular formula is C14H22N6. The van der Waals surface area contributed by atoms with Gasteiger partial charge < -0.3 is 5.43 Å². The van der Waals surface area contributed by atoms with Crippen LogP contribution in [0.4, 0.5) is 5.82 Å². The van der Waals surface area contributed by atoms with E-state index in [1.165, 1.54) is 6.33 Å². The van der Waals surface area contributed by atoms with Crippen molar-refractivity contribution in [3.63, 3.8) is 0 Å². The minimum atomic E-state index is 0.247. The van der Waals surface area contributed by atoms with Crippen molar-refractivity contribution in [1.82, 2.24) is 19.7 Å². The van der Waals surface area contributed by atoms with Crippen LogP contribution in [0.3, 0.4) is 0 Å². The summed E-state index contributed by atoms with van der Waals surface area (Å²) in [4.78, 5) is 8.63. The number of hydrogen-bond acceptors (Lipinski definition) is 5. The van der Waals surface area contributed by atoms with Gasteiger partial charge in [0.2, 0.25) is 0 Å². The van der Waals surface area contributed by atoms with Gasteiger partial charge in [0.1, 0.15) is 12.1 Å². The molecule has 0 spiro atoms. The zero-order chi connectivity index (χ0) is 14.7. The molecule has 2 rings (SSSR count). The number of anilines is 1. The van der Waals surface area contributed by atoms with E-state index in [0.29, 0.717) is 5.82 Å². The molecule has 0 aliphatic heterocycles. The molecule has 0 atom stereocenters. The van der Waals surface area contributed by atoms with Crippen molar-refractivity contribution in [2.24, 2.45) is 5.84 Å². The molecule has 0 saturated heterocycles. The number of nitrogen functional groups attached to an aromatic ring is 1. The molecule has 0 radical (unpaired) electrons. The lowest BCUT2D eigenvalue weighted by Crippen LogP contribution is -2.16. The van der Waals surface area contributed by atoms with Gasteiger partial charge in [-0.25, -0.2) is 20.5 Å². The van der Waals surface area contributed by atoms with Gasteiger partial charge in [-0.05, 0) is 24.8 Å². The maximum absolute atomic E-state index is 5.57. The number of hydrogen-bond donors (Lipinski definition) is 2. The molecule has 3 N–H and O–H groups in total. The van der Waals surface area contributed by atoms with Crippen molar-refractivity contribution in [2.45, 2.75) is 46.5 Å². The molecule has 0 aromatic carbocycles. The number of aromatic nitrogens is 4. The van der Waals surface area contributed by atoms with Gasteiger partial charge in [0.25, 0.3) is 0 Å². The average molecular weight is 274 g/mol. The summed E-state index contributed by atoms with van der Waals surface area (Å²) in [5.74, 6) is 7.27. The van der Waals surface area contributed by atoms with Crippen molar-refractivity contribution in [1.29, 1.82) is 0 Å². The Morgan fingerprint density at radius 1 is 1.25 bits per heavy atom. The lowest BCUT2D eigenvalue weighted by molar-refractivity contribution is 0.734.